The fourth-order valence-electron chi connectivity index (χ4n) is 3.18. The number of carbonyl (C=O) groups excluding carboxylic acids is 2. The Morgan fingerprint density at radius 1 is 0.793 bits per heavy atom. The van der Waals surface area contributed by atoms with Crippen LogP contribution in [0.3, 0.4) is 0 Å². The quantitative estimate of drug-likeness (QED) is 0.538. The van der Waals surface area contributed by atoms with Gasteiger partial charge in [-0.2, -0.15) is 0 Å². The van der Waals surface area contributed by atoms with Crippen LogP contribution in [-0.2, 0) is 9.59 Å². The number of amides is 2. The fourth-order valence-corrected chi connectivity index (χ4v) is 4.20. The minimum atomic E-state index is -0.400. The number of imide groups is 1. The number of anilines is 1. The maximum Gasteiger partial charge on any atom is 0.272 e. The highest BCUT2D eigenvalue weighted by molar-refractivity contribution is 8.04. The standard InChI is InChI=1S/C24H18FNO2S/c1-15-8-13-19(14-16(15)2)26-23(27)21(17-9-11-18(25)12-10-17)22(24(26)28)29-20-6-4-3-5-7-20/h3-14H,1-2H3. The van der Waals surface area contributed by atoms with Gasteiger partial charge in [-0.1, -0.05) is 48.2 Å². The molecule has 144 valence electrons. The van der Waals surface area contributed by atoms with Crippen LogP contribution in [0.5, 0.6) is 0 Å². The molecule has 0 aromatic heterocycles. The van der Waals surface area contributed by atoms with Gasteiger partial charge in [0.1, 0.15) is 5.82 Å². The van der Waals surface area contributed by atoms with Crippen LogP contribution in [0, 0.1) is 19.7 Å². The van der Waals surface area contributed by atoms with Crippen LogP contribution >= 0.6 is 11.8 Å². The second kappa shape index (κ2) is 7.68. The molecule has 3 aromatic rings. The van der Waals surface area contributed by atoms with Crippen molar-refractivity contribution >= 4 is 34.8 Å². The summed E-state index contributed by atoms with van der Waals surface area (Å²) in [4.78, 5) is 29.1. The van der Waals surface area contributed by atoms with Crippen LogP contribution in [0.1, 0.15) is 16.7 Å². The Hall–Kier alpha value is -3.18. The second-order valence-corrected chi connectivity index (χ2v) is 7.92. The lowest BCUT2D eigenvalue weighted by Crippen LogP contribution is -2.31. The minimum absolute atomic E-state index is 0.294. The van der Waals surface area contributed by atoms with Gasteiger partial charge in [-0.05, 0) is 66.9 Å². The Morgan fingerprint density at radius 2 is 1.48 bits per heavy atom. The molecule has 5 heteroatoms. The zero-order chi connectivity index (χ0) is 20.5. The lowest BCUT2D eigenvalue weighted by atomic mass is 10.1. The highest BCUT2D eigenvalue weighted by atomic mass is 32.2. The van der Waals surface area contributed by atoms with Crippen LogP contribution in [0.2, 0.25) is 0 Å². The number of carbonyl (C=O) groups is 2. The first-order valence-electron chi connectivity index (χ1n) is 9.15. The second-order valence-electron chi connectivity index (χ2n) is 6.84. The topological polar surface area (TPSA) is 37.4 Å². The Kier molecular flexibility index (Phi) is 5.07. The molecular weight excluding hydrogens is 385 g/mol. The SMILES string of the molecule is Cc1ccc(N2C(=O)C(Sc3ccccc3)=C(c3ccc(F)cc3)C2=O)cc1C. The van der Waals surface area contributed by atoms with E-state index in [1.54, 1.807) is 6.07 Å². The van der Waals surface area contributed by atoms with Crippen molar-refractivity contribution in [3.8, 4) is 0 Å². The number of hydrogen-bond donors (Lipinski definition) is 0. The summed E-state index contributed by atoms with van der Waals surface area (Å²) < 4.78 is 13.4. The Balaban J connectivity index is 1.83. The summed E-state index contributed by atoms with van der Waals surface area (Å²) >= 11 is 1.25. The van der Waals surface area contributed by atoms with E-state index in [0.717, 1.165) is 16.0 Å². The molecule has 29 heavy (non-hydrogen) atoms. The average Bonchev–Trinajstić information content (AvgIpc) is 2.95. The van der Waals surface area contributed by atoms with Crippen molar-refractivity contribution in [2.45, 2.75) is 18.7 Å². The molecule has 0 saturated carbocycles. The first kappa shape index (κ1) is 19.2. The molecule has 0 aliphatic carbocycles. The third-order valence-electron chi connectivity index (χ3n) is 4.89. The van der Waals surface area contributed by atoms with Crippen molar-refractivity contribution < 1.29 is 14.0 Å². The van der Waals surface area contributed by atoms with E-state index in [4.69, 9.17) is 0 Å². The Labute approximate surface area is 172 Å². The first-order valence-corrected chi connectivity index (χ1v) is 9.96. The predicted molar refractivity (Wildman–Crippen MR) is 114 cm³/mol. The van der Waals surface area contributed by atoms with Crippen molar-refractivity contribution in [2.24, 2.45) is 0 Å². The monoisotopic (exact) mass is 403 g/mol. The number of rotatable bonds is 4. The smallest absolute Gasteiger partial charge is 0.268 e. The van der Waals surface area contributed by atoms with Crippen molar-refractivity contribution in [1.82, 2.24) is 0 Å². The molecule has 1 heterocycles. The number of thioether (sulfide) groups is 1. The maximum atomic E-state index is 13.4. The van der Waals surface area contributed by atoms with Gasteiger partial charge in [-0.3, -0.25) is 9.59 Å². The number of halogens is 1. The molecule has 0 radical (unpaired) electrons. The van der Waals surface area contributed by atoms with E-state index < -0.39 is 11.7 Å². The van der Waals surface area contributed by atoms with Gasteiger partial charge in [0.2, 0.25) is 0 Å². The van der Waals surface area contributed by atoms with Crippen LogP contribution in [0.4, 0.5) is 10.1 Å². The molecule has 0 atom stereocenters. The fraction of sp³-hybridized carbons (Fsp3) is 0.0833. The van der Waals surface area contributed by atoms with Gasteiger partial charge in [0.15, 0.2) is 0 Å². The highest BCUT2D eigenvalue weighted by Crippen LogP contribution is 2.41. The van der Waals surface area contributed by atoms with E-state index in [9.17, 15) is 14.0 Å². The molecule has 0 fully saturated rings. The largest absolute Gasteiger partial charge is 0.272 e. The summed E-state index contributed by atoms with van der Waals surface area (Å²) in [5.74, 6) is -1.16. The van der Waals surface area contributed by atoms with E-state index >= 15 is 0 Å². The molecule has 0 N–H and O–H groups in total. The van der Waals surface area contributed by atoms with Gasteiger partial charge in [0.25, 0.3) is 11.8 Å². The molecule has 3 aromatic carbocycles. The molecular formula is C24H18FNO2S. The van der Waals surface area contributed by atoms with Crippen molar-refractivity contribution in [1.29, 1.82) is 0 Å². The summed E-state index contributed by atoms with van der Waals surface area (Å²) in [6.07, 6.45) is 0. The van der Waals surface area contributed by atoms with E-state index in [2.05, 4.69) is 0 Å². The van der Waals surface area contributed by atoms with Gasteiger partial charge in [0.05, 0.1) is 16.2 Å². The third kappa shape index (κ3) is 3.61. The van der Waals surface area contributed by atoms with Crippen molar-refractivity contribution in [2.75, 3.05) is 4.90 Å². The summed E-state index contributed by atoms with van der Waals surface area (Å²) in [5, 5.41) is 0. The molecule has 0 spiro atoms. The molecule has 3 nitrogen and oxygen atoms in total. The zero-order valence-corrected chi connectivity index (χ0v) is 16.8. The van der Waals surface area contributed by atoms with Gasteiger partial charge in [-0.25, -0.2) is 9.29 Å². The number of aryl methyl sites for hydroxylation is 2. The van der Waals surface area contributed by atoms with Crippen LogP contribution in [0.25, 0.3) is 5.57 Å². The van der Waals surface area contributed by atoms with Gasteiger partial charge >= 0.3 is 0 Å². The summed E-state index contributed by atoms with van der Waals surface area (Å²) in [7, 11) is 0. The molecule has 1 aliphatic rings. The summed E-state index contributed by atoms with van der Waals surface area (Å²) in [6.45, 7) is 3.92. The summed E-state index contributed by atoms with van der Waals surface area (Å²) in [6, 6.07) is 20.6. The lowest BCUT2D eigenvalue weighted by Gasteiger charge is -2.16. The number of benzene rings is 3. The number of nitrogens with zero attached hydrogens (tertiary/aromatic N) is 1. The maximum absolute atomic E-state index is 13.4. The van der Waals surface area contributed by atoms with E-state index in [-0.39, 0.29) is 5.91 Å². The molecule has 2 amide bonds. The number of hydrogen-bond acceptors (Lipinski definition) is 3. The highest BCUT2D eigenvalue weighted by Gasteiger charge is 2.40. The van der Waals surface area contributed by atoms with Gasteiger partial charge < -0.3 is 0 Å². The van der Waals surface area contributed by atoms with E-state index in [0.29, 0.717) is 21.7 Å². The first-order chi connectivity index (χ1) is 14.0. The molecule has 1 aliphatic heterocycles. The minimum Gasteiger partial charge on any atom is -0.268 e. The molecule has 4 rings (SSSR count). The lowest BCUT2D eigenvalue weighted by molar-refractivity contribution is -0.119. The third-order valence-corrected chi connectivity index (χ3v) is 5.98. The Bertz CT molecular complexity index is 1140. The van der Waals surface area contributed by atoms with Gasteiger partial charge in [-0.15, -0.1) is 0 Å². The average molecular weight is 403 g/mol. The molecule has 0 saturated heterocycles. The van der Waals surface area contributed by atoms with Crippen LogP contribution < -0.4 is 4.90 Å². The normalized spacial score (nSPS) is 14.1. The molecule has 0 bridgehead atoms. The van der Waals surface area contributed by atoms with Crippen LogP contribution in [0.15, 0.2) is 82.6 Å². The van der Waals surface area contributed by atoms with Crippen molar-refractivity contribution in [3.63, 3.8) is 0 Å². The summed E-state index contributed by atoms with van der Waals surface area (Å²) in [5.41, 5.74) is 3.43. The zero-order valence-electron chi connectivity index (χ0n) is 16.0. The molecule has 0 unspecified atom stereocenters. The van der Waals surface area contributed by atoms with E-state index in [1.165, 1.54) is 40.9 Å². The van der Waals surface area contributed by atoms with Gasteiger partial charge in [0, 0.05) is 4.90 Å². The van der Waals surface area contributed by atoms with Crippen molar-refractivity contribution in [3.05, 3.63) is 100 Å². The Morgan fingerprint density at radius 3 is 2.14 bits per heavy atom. The van der Waals surface area contributed by atoms with Crippen LogP contribution in [-0.4, -0.2) is 11.8 Å². The predicted octanol–water partition coefficient (Wildman–Crippen LogP) is 5.52. The van der Waals surface area contributed by atoms with E-state index in [1.807, 2.05) is 56.3 Å².